The van der Waals surface area contributed by atoms with Crippen LogP contribution in [0, 0.1) is 5.41 Å². The average Bonchev–Trinajstić information content (AvgIpc) is 3.08. The molecule has 0 heterocycles. The Labute approximate surface area is 185 Å². The molecule has 2 aliphatic carbocycles. The van der Waals surface area contributed by atoms with Gasteiger partial charge in [0.15, 0.2) is 0 Å². The molecule has 0 saturated heterocycles. The van der Waals surface area contributed by atoms with Crippen molar-refractivity contribution in [1.82, 2.24) is 0 Å². The van der Waals surface area contributed by atoms with Crippen LogP contribution < -0.4 is 0 Å². The fourth-order valence-corrected chi connectivity index (χ4v) is 9.71. The molecule has 0 aliphatic heterocycles. The summed E-state index contributed by atoms with van der Waals surface area (Å²) in [6, 6.07) is 18.2. The second kappa shape index (κ2) is 7.35. The van der Waals surface area contributed by atoms with Gasteiger partial charge in [0.05, 0.1) is 0 Å². The van der Waals surface area contributed by atoms with Crippen LogP contribution in [0.1, 0.15) is 69.7 Å². The second-order valence-corrected chi connectivity index (χ2v) is 15.7. The van der Waals surface area contributed by atoms with Crippen molar-refractivity contribution in [2.75, 3.05) is 0 Å². The molecule has 0 saturated carbocycles. The molecule has 0 nitrogen and oxygen atoms in total. The van der Waals surface area contributed by atoms with Crippen molar-refractivity contribution in [3.63, 3.8) is 0 Å². The maximum atomic E-state index is 2.55. The summed E-state index contributed by atoms with van der Waals surface area (Å²) in [4.78, 5) is 0. The summed E-state index contributed by atoms with van der Waals surface area (Å²) in [6.45, 7) is 14.2. The van der Waals surface area contributed by atoms with E-state index in [2.05, 4.69) is 99.3 Å². The van der Waals surface area contributed by atoms with Crippen LogP contribution in [0.5, 0.6) is 0 Å². The van der Waals surface area contributed by atoms with E-state index in [1.165, 1.54) is 33.4 Å². The van der Waals surface area contributed by atoms with E-state index in [9.17, 15) is 0 Å². The number of hydrogen-bond acceptors (Lipinski definition) is 0. The van der Waals surface area contributed by atoms with Crippen molar-refractivity contribution in [1.29, 1.82) is 0 Å². The van der Waals surface area contributed by atoms with Gasteiger partial charge >= 0.3 is 186 Å². The third-order valence-corrected chi connectivity index (χ3v) is 11.2. The van der Waals surface area contributed by atoms with Crippen molar-refractivity contribution in [2.24, 2.45) is 5.41 Å². The zero-order chi connectivity index (χ0) is 21.1. The molecule has 0 radical (unpaired) electrons. The van der Waals surface area contributed by atoms with E-state index in [-0.39, 0.29) is 5.41 Å². The van der Waals surface area contributed by atoms with Crippen LogP contribution in [-0.4, -0.2) is 0 Å². The van der Waals surface area contributed by atoms with E-state index in [0.717, 1.165) is 0 Å². The molecule has 0 fully saturated rings. The minimum absolute atomic E-state index is 0.0954. The van der Waals surface area contributed by atoms with Crippen molar-refractivity contribution in [3.8, 4) is 0 Å². The quantitative estimate of drug-likeness (QED) is 0.430. The van der Waals surface area contributed by atoms with Crippen LogP contribution in [0.2, 0.25) is 9.26 Å². The Morgan fingerprint density at radius 1 is 0.828 bits per heavy atom. The van der Waals surface area contributed by atoms with Crippen LogP contribution in [-0.2, 0) is 21.8 Å². The van der Waals surface area contributed by atoms with Gasteiger partial charge in [-0.1, -0.05) is 0 Å². The van der Waals surface area contributed by atoms with Crippen LogP contribution in [0.3, 0.4) is 0 Å². The molecule has 1 unspecified atom stereocenters. The van der Waals surface area contributed by atoms with Crippen LogP contribution in [0.4, 0.5) is 0 Å². The second-order valence-electron chi connectivity index (χ2n) is 9.52. The van der Waals surface area contributed by atoms with Gasteiger partial charge in [-0.05, 0) is 0 Å². The molecule has 0 bridgehead atoms. The zero-order valence-electron chi connectivity index (χ0n) is 19.2. The molecular formula is C28H33Zr. The Balaban J connectivity index is 2.03. The molecule has 0 spiro atoms. The van der Waals surface area contributed by atoms with Crippen LogP contribution >= 0.6 is 0 Å². The number of fused-ring (bicyclic) bond motifs is 1. The Hall–Kier alpha value is -1.46. The topological polar surface area (TPSA) is 0 Å². The predicted molar refractivity (Wildman–Crippen MR) is 125 cm³/mol. The van der Waals surface area contributed by atoms with Crippen molar-refractivity contribution < 1.29 is 21.8 Å². The average molecular weight is 461 g/mol. The van der Waals surface area contributed by atoms with Gasteiger partial charge in [-0.3, -0.25) is 0 Å². The molecule has 2 aromatic rings. The third-order valence-electron chi connectivity index (χ3n) is 7.43. The normalized spacial score (nSPS) is 20.6. The van der Waals surface area contributed by atoms with E-state index in [0.29, 0.717) is 5.92 Å². The Morgan fingerprint density at radius 2 is 1.48 bits per heavy atom. The van der Waals surface area contributed by atoms with E-state index in [1.54, 1.807) is 20.0 Å². The summed E-state index contributed by atoms with van der Waals surface area (Å²) in [6.07, 6.45) is 0. The Kier molecular flexibility index (Phi) is 5.27. The fourth-order valence-electron chi connectivity index (χ4n) is 5.59. The summed E-state index contributed by atoms with van der Waals surface area (Å²) in [5.74, 6) is 0.471. The molecule has 149 valence electrons. The monoisotopic (exact) mass is 459 g/mol. The molecule has 0 aromatic heterocycles. The SMILES string of the molecule is CC1=C(C)C(C)(C)C(c2cccc3c2[C]([Zr]([CH3])[CH3])=C(c2ccccc2)C3C)=C1C. The Bertz CT molecular complexity index is 1070. The summed E-state index contributed by atoms with van der Waals surface area (Å²) in [5.41, 5.74) is 13.8. The maximum absolute atomic E-state index is 2.55. The first-order valence-corrected chi connectivity index (χ1v) is 17.0. The first kappa shape index (κ1) is 20.8. The number of benzene rings is 2. The standard InChI is InChI=1S/C26H27.2CH3.Zr/c1-16-17(2)25(26(5,6)19(16)4)22-14-10-13-21-18(3)23(15-24(21)22)20-11-8-7-9-12-20;;;/h7-14,18H,1-6H3;2*1H3;. The van der Waals surface area contributed by atoms with Crippen molar-refractivity contribution in [3.05, 3.63) is 87.5 Å². The van der Waals surface area contributed by atoms with E-state index >= 15 is 0 Å². The molecule has 1 atom stereocenters. The first-order valence-electron chi connectivity index (χ1n) is 10.8. The van der Waals surface area contributed by atoms with Gasteiger partial charge in [-0.15, -0.1) is 0 Å². The van der Waals surface area contributed by atoms with Gasteiger partial charge in [0.2, 0.25) is 0 Å². The number of allylic oxidation sites excluding steroid dienone is 5. The van der Waals surface area contributed by atoms with Crippen molar-refractivity contribution >= 4 is 14.4 Å². The number of hydrogen-bond donors (Lipinski definition) is 0. The summed E-state index contributed by atoms with van der Waals surface area (Å²) < 4.78 is 6.83. The molecule has 0 N–H and O–H groups in total. The predicted octanol–water partition coefficient (Wildman–Crippen LogP) is 8.54. The van der Waals surface area contributed by atoms with Gasteiger partial charge in [-0.25, -0.2) is 0 Å². The van der Waals surface area contributed by atoms with Gasteiger partial charge in [-0.2, -0.15) is 0 Å². The van der Waals surface area contributed by atoms with E-state index < -0.39 is 21.8 Å². The number of rotatable bonds is 3. The molecule has 4 rings (SSSR count). The molecule has 2 aromatic carbocycles. The fraction of sp³-hybridized carbons (Fsp3) is 0.357. The Morgan fingerprint density at radius 3 is 2.03 bits per heavy atom. The van der Waals surface area contributed by atoms with Crippen LogP contribution in [0.15, 0.2) is 65.3 Å². The minimum atomic E-state index is -1.69. The zero-order valence-corrected chi connectivity index (χ0v) is 21.7. The first-order chi connectivity index (χ1) is 13.7. The third kappa shape index (κ3) is 3.04. The molecule has 0 amide bonds. The molecule has 2 aliphatic rings. The summed E-state index contributed by atoms with van der Waals surface area (Å²) >= 11 is -1.69. The van der Waals surface area contributed by atoms with Crippen LogP contribution in [0.25, 0.3) is 14.4 Å². The summed E-state index contributed by atoms with van der Waals surface area (Å²) in [5, 5.41) is 0. The van der Waals surface area contributed by atoms with Crippen molar-refractivity contribution in [2.45, 2.75) is 56.7 Å². The van der Waals surface area contributed by atoms with Gasteiger partial charge < -0.3 is 0 Å². The molecule has 1 heteroatoms. The van der Waals surface area contributed by atoms with Gasteiger partial charge in [0, 0.05) is 0 Å². The molecule has 29 heavy (non-hydrogen) atoms. The van der Waals surface area contributed by atoms with Gasteiger partial charge in [0.25, 0.3) is 0 Å². The summed E-state index contributed by atoms with van der Waals surface area (Å²) in [7, 11) is 0. The van der Waals surface area contributed by atoms with E-state index in [1.807, 2.05) is 0 Å². The molecular weight excluding hydrogens is 428 g/mol. The van der Waals surface area contributed by atoms with E-state index in [4.69, 9.17) is 0 Å². The van der Waals surface area contributed by atoms with Gasteiger partial charge in [0.1, 0.15) is 0 Å².